The summed E-state index contributed by atoms with van der Waals surface area (Å²) in [6.45, 7) is 0. The van der Waals surface area contributed by atoms with Crippen LogP contribution in [0.1, 0.15) is 43.7 Å². The van der Waals surface area contributed by atoms with Gasteiger partial charge in [0.1, 0.15) is 6.04 Å². The van der Waals surface area contributed by atoms with Gasteiger partial charge in [0.05, 0.1) is 0 Å². The highest BCUT2D eigenvalue weighted by Gasteiger charge is 2.31. The third-order valence-corrected chi connectivity index (χ3v) is 5.74. The summed E-state index contributed by atoms with van der Waals surface area (Å²) in [5.74, 6) is -0.716. The van der Waals surface area contributed by atoms with Crippen LogP contribution in [-0.2, 0) is 15.0 Å². The van der Waals surface area contributed by atoms with Crippen LogP contribution in [0.25, 0.3) is 0 Å². The Labute approximate surface area is 131 Å². The van der Waals surface area contributed by atoms with E-state index in [1.165, 1.54) is 4.31 Å². The fourth-order valence-corrected chi connectivity index (χ4v) is 4.13. The average Bonchev–Trinajstić information content (AvgIpc) is 2.53. The summed E-state index contributed by atoms with van der Waals surface area (Å²) in [4.78, 5) is 11.7. The number of nitrogens with one attached hydrogen (secondary N) is 1. The topological polar surface area (TPSA) is 92.5 Å². The normalized spacial score (nSPS) is 18.3. The number of primary amides is 1. The molecule has 1 aromatic carbocycles. The van der Waals surface area contributed by atoms with Crippen LogP contribution in [0.3, 0.4) is 0 Å². The van der Waals surface area contributed by atoms with E-state index < -0.39 is 22.2 Å². The average molecular weight is 325 g/mol. The number of hydrogen-bond acceptors (Lipinski definition) is 3. The first-order valence-electron chi connectivity index (χ1n) is 7.51. The zero-order valence-electron chi connectivity index (χ0n) is 12.7. The van der Waals surface area contributed by atoms with Gasteiger partial charge in [-0.05, 0) is 18.4 Å². The largest absolute Gasteiger partial charge is 0.368 e. The molecular weight excluding hydrogens is 302 g/mol. The van der Waals surface area contributed by atoms with Crippen LogP contribution >= 0.6 is 0 Å². The molecule has 1 aliphatic carbocycles. The molecule has 1 fully saturated rings. The number of benzene rings is 1. The summed E-state index contributed by atoms with van der Waals surface area (Å²) in [7, 11) is -2.21. The molecule has 2 rings (SSSR count). The molecule has 22 heavy (non-hydrogen) atoms. The first-order valence-corrected chi connectivity index (χ1v) is 8.95. The molecule has 3 N–H and O–H groups in total. The number of nitrogens with two attached hydrogens (primary N) is 1. The minimum absolute atomic E-state index is 0.0180. The number of hydrogen-bond donors (Lipinski definition) is 2. The maximum Gasteiger partial charge on any atom is 0.280 e. The monoisotopic (exact) mass is 325 g/mol. The third-order valence-electron chi connectivity index (χ3n) is 4.15. The summed E-state index contributed by atoms with van der Waals surface area (Å²) < 4.78 is 28.8. The summed E-state index contributed by atoms with van der Waals surface area (Å²) in [5.41, 5.74) is 5.91. The Balaban J connectivity index is 2.16. The Morgan fingerprint density at radius 3 is 2.36 bits per heavy atom. The third kappa shape index (κ3) is 4.06. The van der Waals surface area contributed by atoms with Gasteiger partial charge in [-0.25, -0.2) is 0 Å². The molecule has 7 heteroatoms. The molecule has 0 heterocycles. The van der Waals surface area contributed by atoms with Gasteiger partial charge in [-0.15, -0.1) is 0 Å². The van der Waals surface area contributed by atoms with Crippen LogP contribution in [0.5, 0.6) is 0 Å². The van der Waals surface area contributed by atoms with Crippen LogP contribution in [-0.4, -0.2) is 31.7 Å². The van der Waals surface area contributed by atoms with E-state index in [4.69, 9.17) is 5.73 Å². The smallest absolute Gasteiger partial charge is 0.280 e. The van der Waals surface area contributed by atoms with E-state index in [0.717, 1.165) is 32.1 Å². The van der Waals surface area contributed by atoms with Gasteiger partial charge in [0, 0.05) is 13.1 Å². The summed E-state index contributed by atoms with van der Waals surface area (Å²) >= 11 is 0. The second-order valence-electron chi connectivity index (χ2n) is 5.68. The van der Waals surface area contributed by atoms with Crippen LogP contribution < -0.4 is 10.5 Å². The number of nitrogens with zero attached hydrogens (tertiary/aromatic N) is 1. The lowest BCUT2D eigenvalue weighted by Crippen LogP contribution is -2.48. The highest BCUT2D eigenvalue weighted by Crippen LogP contribution is 2.24. The molecule has 1 aliphatic rings. The van der Waals surface area contributed by atoms with Crippen molar-refractivity contribution in [1.29, 1.82) is 0 Å². The number of rotatable bonds is 6. The van der Waals surface area contributed by atoms with Crippen molar-refractivity contribution < 1.29 is 13.2 Å². The summed E-state index contributed by atoms with van der Waals surface area (Å²) in [6.07, 6.45) is 4.91. The van der Waals surface area contributed by atoms with E-state index in [9.17, 15) is 13.2 Å². The molecule has 0 aliphatic heterocycles. The molecule has 0 saturated heterocycles. The summed E-state index contributed by atoms with van der Waals surface area (Å²) in [6, 6.07) is 7.56. The van der Waals surface area contributed by atoms with Gasteiger partial charge in [0.15, 0.2) is 0 Å². The fourth-order valence-electron chi connectivity index (χ4n) is 2.81. The van der Waals surface area contributed by atoms with Crippen molar-refractivity contribution in [2.24, 2.45) is 5.73 Å². The highest BCUT2D eigenvalue weighted by atomic mass is 32.2. The van der Waals surface area contributed by atoms with Crippen molar-refractivity contribution in [3.05, 3.63) is 35.9 Å². The van der Waals surface area contributed by atoms with Gasteiger partial charge in [0.2, 0.25) is 5.91 Å². The molecule has 122 valence electrons. The standard InChI is InChI=1S/C15H23N3O3S/c1-18(13-10-6-3-7-11-13)22(20,21)17-14(15(16)19)12-8-4-2-5-9-12/h2,4-5,8-9,13-14,17H,3,6-7,10-11H2,1H3,(H2,16,19). The lowest BCUT2D eigenvalue weighted by atomic mass is 9.96. The predicted molar refractivity (Wildman–Crippen MR) is 85.1 cm³/mol. The van der Waals surface area contributed by atoms with Crippen molar-refractivity contribution in [2.45, 2.75) is 44.2 Å². The first kappa shape index (κ1) is 16.9. The van der Waals surface area contributed by atoms with Crippen molar-refractivity contribution >= 4 is 16.1 Å². The molecule has 1 amide bonds. The molecule has 1 atom stereocenters. The Kier molecular flexibility index (Phi) is 5.55. The Bertz CT molecular complexity index is 598. The number of amides is 1. The lowest BCUT2D eigenvalue weighted by molar-refractivity contribution is -0.119. The van der Waals surface area contributed by atoms with E-state index in [-0.39, 0.29) is 6.04 Å². The molecule has 1 saturated carbocycles. The fraction of sp³-hybridized carbons (Fsp3) is 0.533. The Morgan fingerprint density at radius 2 is 1.82 bits per heavy atom. The predicted octanol–water partition coefficient (Wildman–Crippen LogP) is 1.31. The molecule has 1 unspecified atom stereocenters. The number of carbonyl (C=O) groups is 1. The molecule has 0 radical (unpaired) electrons. The van der Waals surface area contributed by atoms with E-state index in [0.29, 0.717) is 5.56 Å². The van der Waals surface area contributed by atoms with Gasteiger partial charge in [-0.1, -0.05) is 49.6 Å². The molecule has 1 aromatic rings. The first-order chi connectivity index (χ1) is 10.4. The lowest BCUT2D eigenvalue weighted by Gasteiger charge is -2.31. The molecular formula is C15H23N3O3S. The number of carbonyl (C=O) groups excluding carboxylic acids is 1. The molecule has 0 aromatic heterocycles. The highest BCUT2D eigenvalue weighted by molar-refractivity contribution is 7.87. The maximum atomic E-state index is 12.5. The van der Waals surface area contributed by atoms with Gasteiger partial charge in [-0.3, -0.25) is 4.79 Å². The van der Waals surface area contributed by atoms with Crippen molar-refractivity contribution in [2.75, 3.05) is 7.05 Å². The maximum absolute atomic E-state index is 12.5. The second-order valence-corrected chi connectivity index (χ2v) is 7.44. The van der Waals surface area contributed by atoms with Gasteiger partial charge in [0.25, 0.3) is 10.2 Å². The van der Waals surface area contributed by atoms with Crippen molar-refractivity contribution in [3.63, 3.8) is 0 Å². The second kappa shape index (κ2) is 7.21. The van der Waals surface area contributed by atoms with Crippen LogP contribution in [0.15, 0.2) is 30.3 Å². The zero-order chi connectivity index (χ0) is 16.2. The minimum atomic E-state index is -3.77. The van der Waals surface area contributed by atoms with E-state index in [2.05, 4.69) is 4.72 Å². The Morgan fingerprint density at radius 1 is 1.23 bits per heavy atom. The molecule has 6 nitrogen and oxygen atoms in total. The van der Waals surface area contributed by atoms with Crippen LogP contribution in [0.2, 0.25) is 0 Å². The van der Waals surface area contributed by atoms with Gasteiger partial charge >= 0.3 is 0 Å². The summed E-state index contributed by atoms with van der Waals surface area (Å²) in [5, 5.41) is 0. The zero-order valence-corrected chi connectivity index (χ0v) is 13.6. The quantitative estimate of drug-likeness (QED) is 0.826. The van der Waals surface area contributed by atoms with Crippen molar-refractivity contribution in [3.8, 4) is 0 Å². The van der Waals surface area contributed by atoms with E-state index in [1.54, 1.807) is 37.4 Å². The van der Waals surface area contributed by atoms with E-state index in [1.807, 2.05) is 0 Å². The molecule has 0 spiro atoms. The Hall–Kier alpha value is -1.44. The van der Waals surface area contributed by atoms with Crippen LogP contribution in [0, 0.1) is 0 Å². The SMILES string of the molecule is CN(C1CCCCC1)S(=O)(=O)NC(C(N)=O)c1ccccc1. The van der Waals surface area contributed by atoms with Gasteiger partial charge in [-0.2, -0.15) is 17.4 Å². The van der Waals surface area contributed by atoms with Crippen molar-refractivity contribution in [1.82, 2.24) is 9.03 Å². The van der Waals surface area contributed by atoms with Gasteiger partial charge < -0.3 is 5.73 Å². The van der Waals surface area contributed by atoms with E-state index >= 15 is 0 Å². The van der Waals surface area contributed by atoms with Crippen LogP contribution in [0.4, 0.5) is 0 Å². The minimum Gasteiger partial charge on any atom is -0.368 e. The molecule has 0 bridgehead atoms.